The lowest BCUT2D eigenvalue weighted by Gasteiger charge is -2.18. The third-order valence-corrected chi connectivity index (χ3v) is 3.53. The Balaban J connectivity index is 2.46. The summed E-state index contributed by atoms with van der Waals surface area (Å²) in [6, 6.07) is 16.6. The molecule has 0 aromatic heterocycles. The Morgan fingerprint density at radius 1 is 1.12 bits per heavy atom. The second-order valence-electron chi connectivity index (χ2n) is 4.14. The molecule has 17 heavy (non-hydrogen) atoms. The summed E-state index contributed by atoms with van der Waals surface area (Å²) in [5.74, 6) is 0.369. The lowest BCUT2D eigenvalue weighted by Crippen LogP contribution is -2.03. The van der Waals surface area contributed by atoms with Crippen molar-refractivity contribution in [1.29, 1.82) is 0 Å². The molecule has 0 fully saturated rings. The SMILES string of the molecule is CCC(c1ccccc1)c1cc(Br)ccc1N. The van der Waals surface area contributed by atoms with E-state index in [4.69, 9.17) is 5.73 Å². The van der Waals surface area contributed by atoms with E-state index in [1.165, 1.54) is 11.1 Å². The topological polar surface area (TPSA) is 26.0 Å². The first kappa shape index (κ1) is 12.2. The molecule has 0 bridgehead atoms. The van der Waals surface area contributed by atoms with Crippen molar-refractivity contribution in [2.24, 2.45) is 0 Å². The largest absolute Gasteiger partial charge is 0.398 e. The molecule has 0 saturated carbocycles. The number of halogens is 1. The summed E-state index contributed by atoms with van der Waals surface area (Å²) in [5, 5.41) is 0. The van der Waals surface area contributed by atoms with Crippen molar-refractivity contribution in [3.8, 4) is 0 Å². The average molecular weight is 290 g/mol. The van der Waals surface area contributed by atoms with Gasteiger partial charge in [-0.05, 0) is 35.7 Å². The molecule has 0 spiro atoms. The summed E-state index contributed by atoms with van der Waals surface area (Å²) in [4.78, 5) is 0. The van der Waals surface area contributed by atoms with Gasteiger partial charge in [-0.3, -0.25) is 0 Å². The molecule has 2 heteroatoms. The van der Waals surface area contributed by atoms with Gasteiger partial charge in [-0.2, -0.15) is 0 Å². The molecule has 1 atom stereocenters. The van der Waals surface area contributed by atoms with Gasteiger partial charge in [-0.15, -0.1) is 0 Å². The number of nitrogens with two attached hydrogens (primary N) is 1. The maximum atomic E-state index is 6.08. The number of rotatable bonds is 3. The molecular weight excluding hydrogens is 274 g/mol. The summed E-state index contributed by atoms with van der Waals surface area (Å²) in [6.07, 6.45) is 1.05. The van der Waals surface area contributed by atoms with E-state index in [9.17, 15) is 0 Å². The highest BCUT2D eigenvalue weighted by Crippen LogP contribution is 2.33. The van der Waals surface area contributed by atoms with Crippen LogP contribution in [-0.4, -0.2) is 0 Å². The predicted molar refractivity (Wildman–Crippen MR) is 77.1 cm³/mol. The fourth-order valence-electron chi connectivity index (χ4n) is 2.17. The van der Waals surface area contributed by atoms with Gasteiger partial charge in [0.05, 0.1) is 0 Å². The van der Waals surface area contributed by atoms with E-state index in [2.05, 4.69) is 53.2 Å². The molecule has 88 valence electrons. The van der Waals surface area contributed by atoms with Gasteiger partial charge >= 0.3 is 0 Å². The number of hydrogen-bond donors (Lipinski definition) is 1. The fourth-order valence-corrected chi connectivity index (χ4v) is 2.55. The van der Waals surface area contributed by atoms with Crippen molar-refractivity contribution in [3.05, 3.63) is 64.1 Å². The normalized spacial score (nSPS) is 12.4. The van der Waals surface area contributed by atoms with Crippen LogP contribution in [0.3, 0.4) is 0 Å². The highest BCUT2D eigenvalue weighted by atomic mass is 79.9. The minimum atomic E-state index is 0.369. The molecule has 0 amide bonds. The zero-order chi connectivity index (χ0) is 12.3. The van der Waals surface area contributed by atoms with E-state index in [1.54, 1.807) is 0 Å². The van der Waals surface area contributed by atoms with E-state index in [0.717, 1.165) is 16.6 Å². The molecule has 2 aromatic carbocycles. The molecule has 1 unspecified atom stereocenters. The quantitative estimate of drug-likeness (QED) is 0.823. The lowest BCUT2D eigenvalue weighted by atomic mass is 9.88. The van der Waals surface area contributed by atoms with Gasteiger partial charge < -0.3 is 5.73 Å². The van der Waals surface area contributed by atoms with Gasteiger partial charge in [-0.1, -0.05) is 53.2 Å². The highest BCUT2D eigenvalue weighted by molar-refractivity contribution is 9.10. The van der Waals surface area contributed by atoms with Gasteiger partial charge in [0, 0.05) is 16.1 Å². The minimum Gasteiger partial charge on any atom is -0.398 e. The van der Waals surface area contributed by atoms with Crippen molar-refractivity contribution >= 4 is 21.6 Å². The van der Waals surface area contributed by atoms with E-state index < -0.39 is 0 Å². The summed E-state index contributed by atoms with van der Waals surface area (Å²) in [6.45, 7) is 2.19. The molecule has 2 aromatic rings. The molecule has 2 N–H and O–H groups in total. The lowest BCUT2D eigenvalue weighted by molar-refractivity contribution is 0.779. The van der Waals surface area contributed by atoms with Crippen LogP contribution in [0.2, 0.25) is 0 Å². The monoisotopic (exact) mass is 289 g/mol. The zero-order valence-electron chi connectivity index (χ0n) is 9.86. The number of nitrogen functional groups attached to an aromatic ring is 1. The second kappa shape index (κ2) is 5.37. The molecular formula is C15H16BrN. The number of hydrogen-bond acceptors (Lipinski definition) is 1. The molecule has 0 aliphatic heterocycles. The Morgan fingerprint density at radius 3 is 2.47 bits per heavy atom. The van der Waals surface area contributed by atoms with Crippen molar-refractivity contribution < 1.29 is 0 Å². The first-order valence-corrected chi connectivity index (χ1v) is 6.61. The third kappa shape index (κ3) is 2.70. The predicted octanol–water partition coefficient (Wildman–Crippen LogP) is 4.57. The summed E-state index contributed by atoms with van der Waals surface area (Å²) in [7, 11) is 0. The van der Waals surface area contributed by atoms with E-state index in [-0.39, 0.29) is 0 Å². The van der Waals surface area contributed by atoms with Crippen LogP contribution in [0.5, 0.6) is 0 Å². The fraction of sp³-hybridized carbons (Fsp3) is 0.200. The van der Waals surface area contributed by atoms with Gasteiger partial charge in [0.2, 0.25) is 0 Å². The van der Waals surface area contributed by atoms with Crippen LogP contribution in [0.4, 0.5) is 5.69 Å². The molecule has 0 saturated heterocycles. The van der Waals surface area contributed by atoms with Gasteiger partial charge in [0.15, 0.2) is 0 Å². The Morgan fingerprint density at radius 2 is 1.82 bits per heavy atom. The second-order valence-corrected chi connectivity index (χ2v) is 5.06. The van der Waals surface area contributed by atoms with Crippen LogP contribution in [0.15, 0.2) is 53.0 Å². The van der Waals surface area contributed by atoms with Crippen LogP contribution < -0.4 is 5.73 Å². The Hall–Kier alpha value is -1.28. The molecule has 0 aliphatic carbocycles. The molecule has 0 heterocycles. The van der Waals surface area contributed by atoms with Gasteiger partial charge in [-0.25, -0.2) is 0 Å². The summed E-state index contributed by atoms with van der Waals surface area (Å²) < 4.78 is 1.08. The van der Waals surface area contributed by atoms with E-state index in [1.807, 2.05) is 18.2 Å². The van der Waals surface area contributed by atoms with Gasteiger partial charge in [0.25, 0.3) is 0 Å². The zero-order valence-corrected chi connectivity index (χ0v) is 11.4. The first-order valence-electron chi connectivity index (χ1n) is 5.82. The van der Waals surface area contributed by atoms with E-state index >= 15 is 0 Å². The number of anilines is 1. The maximum absolute atomic E-state index is 6.08. The molecule has 0 radical (unpaired) electrons. The maximum Gasteiger partial charge on any atom is 0.0353 e. The summed E-state index contributed by atoms with van der Waals surface area (Å²) >= 11 is 3.51. The highest BCUT2D eigenvalue weighted by Gasteiger charge is 2.14. The Kier molecular flexibility index (Phi) is 3.85. The number of benzene rings is 2. The Labute approximate surface area is 111 Å². The Bertz CT molecular complexity index is 494. The molecule has 1 nitrogen and oxygen atoms in total. The smallest absolute Gasteiger partial charge is 0.0353 e. The summed E-state index contributed by atoms with van der Waals surface area (Å²) in [5.41, 5.74) is 9.47. The van der Waals surface area contributed by atoms with Crippen LogP contribution in [0.25, 0.3) is 0 Å². The van der Waals surface area contributed by atoms with Crippen molar-refractivity contribution in [1.82, 2.24) is 0 Å². The average Bonchev–Trinajstić information content (AvgIpc) is 2.36. The van der Waals surface area contributed by atoms with Crippen LogP contribution >= 0.6 is 15.9 Å². The molecule has 0 aliphatic rings. The molecule has 2 rings (SSSR count). The van der Waals surface area contributed by atoms with Crippen LogP contribution in [0.1, 0.15) is 30.4 Å². The van der Waals surface area contributed by atoms with Crippen molar-refractivity contribution in [2.75, 3.05) is 5.73 Å². The van der Waals surface area contributed by atoms with E-state index in [0.29, 0.717) is 5.92 Å². The van der Waals surface area contributed by atoms with Crippen molar-refractivity contribution in [3.63, 3.8) is 0 Å². The minimum absolute atomic E-state index is 0.369. The third-order valence-electron chi connectivity index (χ3n) is 3.03. The van der Waals surface area contributed by atoms with Crippen molar-refractivity contribution in [2.45, 2.75) is 19.3 Å². The van der Waals surface area contributed by atoms with Crippen LogP contribution in [-0.2, 0) is 0 Å². The standard InChI is InChI=1S/C15H16BrN/c1-2-13(11-6-4-3-5-7-11)14-10-12(16)8-9-15(14)17/h3-10,13H,2,17H2,1H3. The van der Waals surface area contributed by atoms with Crippen LogP contribution in [0, 0.1) is 0 Å². The van der Waals surface area contributed by atoms with Gasteiger partial charge in [0.1, 0.15) is 0 Å². The first-order chi connectivity index (χ1) is 8.22.